The van der Waals surface area contributed by atoms with Crippen molar-refractivity contribution in [3.05, 3.63) is 65.2 Å². The predicted octanol–water partition coefficient (Wildman–Crippen LogP) is 1.60. The molecule has 7 heteroatoms. The van der Waals surface area contributed by atoms with Crippen molar-refractivity contribution in [2.75, 3.05) is 18.0 Å². The predicted molar refractivity (Wildman–Crippen MR) is 93.3 cm³/mol. The third-order valence-corrected chi connectivity index (χ3v) is 3.96. The van der Waals surface area contributed by atoms with Crippen LogP contribution in [0, 0.1) is 6.92 Å². The fraction of sp³-hybridized carbons (Fsp3) is 0.167. The molecule has 0 radical (unpaired) electrons. The van der Waals surface area contributed by atoms with E-state index >= 15 is 0 Å². The Hall–Kier alpha value is -3.35. The average molecular weight is 338 g/mol. The second kappa shape index (κ2) is 7.04. The van der Waals surface area contributed by atoms with Crippen molar-refractivity contribution in [1.29, 1.82) is 0 Å². The van der Waals surface area contributed by atoms with Crippen LogP contribution >= 0.6 is 0 Å². The molecule has 0 unspecified atom stereocenters. The van der Waals surface area contributed by atoms with Crippen molar-refractivity contribution in [1.82, 2.24) is 16.2 Å². The maximum atomic E-state index is 12.3. The highest BCUT2D eigenvalue weighted by Crippen LogP contribution is 2.18. The van der Waals surface area contributed by atoms with Crippen LogP contribution in [0.4, 0.5) is 10.5 Å². The number of benzene rings is 2. The number of nitrogens with zero attached hydrogens (tertiary/aromatic N) is 1. The van der Waals surface area contributed by atoms with Crippen LogP contribution in [0.1, 0.15) is 26.3 Å². The summed E-state index contributed by atoms with van der Waals surface area (Å²) in [5.41, 5.74) is 7.09. The molecule has 0 aromatic heterocycles. The van der Waals surface area contributed by atoms with Crippen molar-refractivity contribution in [3.8, 4) is 0 Å². The molecule has 1 saturated heterocycles. The number of amides is 4. The van der Waals surface area contributed by atoms with Gasteiger partial charge in [-0.1, -0.05) is 24.3 Å². The smallest absolute Gasteiger partial charge is 0.321 e. The molecule has 128 valence electrons. The molecule has 1 fully saturated rings. The van der Waals surface area contributed by atoms with E-state index < -0.39 is 5.91 Å². The summed E-state index contributed by atoms with van der Waals surface area (Å²) < 4.78 is 0. The van der Waals surface area contributed by atoms with Gasteiger partial charge < -0.3 is 5.32 Å². The monoisotopic (exact) mass is 338 g/mol. The first-order valence-electron chi connectivity index (χ1n) is 7.88. The van der Waals surface area contributed by atoms with Crippen LogP contribution < -0.4 is 21.1 Å². The summed E-state index contributed by atoms with van der Waals surface area (Å²) >= 11 is 0. The third-order valence-electron chi connectivity index (χ3n) is 3.96. The van der Waals surface area contributed by atoms with E-state index in [0.717, 1.165) is 5.56 Å². The zero-order valence-corrected chi connectivity index (χ0v) is 13.7. The summed E-state index contributed by atoms with van der Waals surface area (Å²) in [4.78, 5) is 37.7. The van der Waals surface area contributed by atoms with Crippen LogP contribution in [-0.2, 0) is 0 Å². The minimum atomic E-state index is -0.455. The third kappa shape index (κ3) is 3.60. The van der Waals surface area contributed by atoms with E-state index in [1.54, 1.807) is 41.3 Å². The molecule has 0 atom stereocenters. The van der Waals surface area contributed by atoms with Crippen molar-refractivity contribution in [2.24, 2.45) is 0 Å². The number of rotatable bonds is 3. The van der Waals surface area contributed by atoms with Gasteiger partial charge in [-0.15, -0.1) is 0 Å². The summed E-state index contributed by atoms with van der Waals surface area (Å²) in [6, 6.07) is 13.6. The van der Waals surface area contributed by atoms with Crippen LogP contribution in [0.15, 0.2) is 48.5 Å². The molecule has 1 aliphatic heterocycles. The van der Waals surface area contributed by atoms with Gasteiger partial charge in [-0.2, -0.15) is 0 Å². The molecule has 2 aromatic carbocycles. The lowest BCUT2D eigenvalue weighted by atomic mass is 10.1. The molecule has 3 rings (SSSR count). The number of carbonyl (C=O) groups is 3. The van der Waals surface area contributed by atoms with E-state index in [1.165, 1.54) is 0 Å². The maximum Gasteiger partial charge on any atom is 0.321 e. The molecule has 1 heterocycles. The molecule has 3 N–H and O–H groups in total. The molecule has 4 amide bonds. The topological polar surface area (TPSA) is 90.5 Å². The van der Waals surface area contributed by atoms with Gasteiger partial charge in [0.2, 0.25) is 0 Å². The van der Waals surface area contributed by atoms with Crippen LogP contribution in [0.3, 0.4) is 0 Å². The molecule has 7 nitrogen and oxygen atoms in total. The molecule has 1 aliphatic rings. The van der Waals surface area contributed by atoms with Gasteiger partial charge >= 0.3 is 6.03 Å². The van der Waals surface area contributed by atoms with E-state index in [2.05, 4.69) is 16.2 Å². The average Bonchev–Trinajstić information content (AvgIpc) is 3.06. The quantitative estimate of drug-likeness (QED) is 0.743. The summed E-state index contributed by atoms with van der Waals surface area (Å²) in [6.45, 7) is 2.94. The van der Waals surface area contributed by atoms with Gasteiger partial charge in [0.05, 0.1) is 0 Å². The first-order chi connectivity index (χ1) is 12.1. The SMILES string of the molecule is Cc1ccccc1C(=O)NNC(=O)c1cccc(N2CCNC2=O)c1. The van der Waals surface area contributed by atoms with Crippen molar-refractivity contribution < 1.29 is 14.4 Å². The van der Waals surface area contributed by atoms with Gasteiger partial charge in [-0.05, 0) is 36.8 Å². The number of hydrogen-bond acceptors (Lipinski definition) is 3. The lowest BCUT2D eigenvalue weighted by Gasteiger charge is -2.15. The minimum absolute atomic E-state index is 0.189. The number of urea groups is 1. The van der Waals surface area contributed by atoms with Crippen LogP contribution in [-0.4, -0.2) is 30.9 Å². The summed E-state index contributed by atoms with van der Waals surface area (Å²) in [7, 11) is 0. The number of anilines is 1. The van der Waals surface area contributed by atoms with Crippen molar-refractivity contribution in [3.63, 3.8) is 0 Å². The summed E-state index contributed by atoms with van der Waals surface area (Å²) in [5.74, 6) is -0.843. The molecular weight excluding hydrogens is 320 g/mol. The zero-order valence-electron chi connectivity index (χ0n) is 13.7. The van der Waals surface area contributed by atoms with Gasteiger partial charge in [0.25, 0.3) is 11.8 Å². The van der Waals surface area contributed by atoms with E-state index in [9.17, 15) is 14.4 Å². The normalized spacial score (nSPS) is 13.3. The lowest BCUT2D eigenvalue weighted by molar-refractivity contribution is 0.0846. The number of hydrogen-bond donors (Lipinski definition) is 3. The molecule has 25 heavy (non-hydrogen) atoms. The molecule has 2 aromatic rings. The van der Waals surface area contributed by atoms with E-state index in [0.29, 0.717) is 29.9 Å². The minimum Gasteiger partial charge on any atom is -0.336 e. The van der Waals surface area contributed by atoms with E-state index in [4.69, 9.17) is 0 Å². The molecule has 0 spiro atoms. The number of aryl methyl sites for hydroxylation is 1. The highest BCUT2D eigenvalue weighted by atomic mass is 16.2. The Balaban J connectivity index is 1.66. The lowest BCUT2D eigenvalue weighted by Crippen LogP contribution is -2.42. The van der Waals surface area contributed by atoms with Gasteiger partial charge in [0.1, 0.15) is 0 Å². The summed E-state index contributed by atoms with van der Waals surface area (Å²) in [6.07, 6.45) is 0. The van der Waals surface area contributed by atoms with E-state index in [-0.39, 0.29) is 11.9 Å². The van der Waals surface area contributed by atoms with Gasteiger partial charge in [-0.25, -0.2) is 4.79 Å². The zero-order chi connectivity index (χ0) is 17.8. The Kier molecular flexibility index (Phi) is 4.65. The highest BCUT2D eigenvalue weighted by molar-refractivity contribution is 6.01. The molecular formula is C18H18N4O3. The van der Waals surface area contributed by atoms with Crippen LogP contribution in [0.5, 0.6) is 0 Å². The number of hydrazine groups is 1. The Morgan fingerprint density at radius 2 is 1.80 bits per heavy atom. The molecule has 0 aliphatic carbocycles. The van der Waals surface area contributed by atoms with Gasteiger partial charge in [0.15, 0.2) is 0 Å². The fourth-order valence-electron chi connectivity index (χ4n) is 2.61. The number of carbonyl (C=O) groups excluding carboxylic acids is 3. The largest absolute Gasteiger partial charge is 0.336 e. The van der Waals surface area contributed by atoms with Crippen molar-refractivity contribution in [2.45, 2.75) is 6.92 Å². The fourth-order valence-corrected chi connectivity index (χ4v) is 2.61. The Morgan fingerprint density at radius 1 is 1.04 bits per heavy atom. The second-order valence-corrected chi connectivity index (χ2v) is 5.66. The van der Waals surface area contributed by atoms with Gasteiger partial charge in [-0.3, -0.25) is 25.3 Å². The standard InChI is InChI=1S/C18H18N4O3/c1-12-5-2-3-8-15(12)17(24)21-20-16(23)13-6-4-7-14(11-13)22-10-9-19-18(22)25/h2-8,11H,9-10H2,1H3,(H,19,25)(H,20,23)(H,21,24). The van der Waals surface area contributed by atoms with Crippen LogP contribution in [0.25, 0.3) is 0 Å². The Bertz CT molecular complexity index is 835. The van der Waals surface area contributed by atoms with Crippen molar-refractivity contribution >= 4 is 23.5 Å². The summed E-state index contributed by atoms with van der Waals surface area (Å²) in [5, 5.41) is 2.71. The Morgan fingerprint density at radius 3 is 2.52 bits per heavy atom. The maximum absolute atomic E-state index is 12.3. The first-order valence-corrected chi connectivity index (χ1v) is 7.88. The van der Waals surface area contributed by atoms with E-state index in [1.807, 2.05) is 19.1 Å². The molecule has 0 saturated carbocycles. The number of nitrogens with one attached hydrogen (secondary N) is 3. The van der Waals surface area contributed by atoms with Gasteiger partial charge in [0, 0.05) is 29.9 Å². The first kappa shape index (κ1) is 16.5. The Labute approximate surface area is 145 Å². The second-order valence-electron chi connectivity index (χ2n) is 5.66. The van der Waals surface area contributed by atoms with Crippen LogP contribution in [0.2, 0.25) is 0 Å². The highest BCUT2D eigenvalue weighted by Gasteiger charge is 2.21. The molecule has 0 bridgehead atoms.